The summed E-state index contributed by atoms with van der Waals surface area (Å²) in [6.45, 7) is 1.91. The smallest absolute Gasteiger partial charge is 0.230 e. The second-order valence-corrected chi connectivity index (χ2v) is 5.09. The molecule has 0 unspecified atom stereocenters. The predicted octanol–water partition coefficient (Wildman–Crippen LogP) is 3.54. The lowest BCUT2D eigenvalue weighted by Gasteiger charge is -2.12. The van der Waals surface area contributed by atoms with Crippen LogP contribution in [0.4, 0.5) is 17.5 Å². The zero-order chi connectivity index (χ0) is 14.0. The van der Waals surface area contributed by atoms with E-state index in [0.29, 0.717) is 27.1 Å². The first kappa shape index (κ1) is 13.9. The molecule has 0 atom stereocenters. The van der Waals surface area contributed by atoms with Crippen LogP contribution in [0.5, 0.6) is 5.75 Å². The Hall–Kier alpha value is -1.53. The number of hydrogen-bond acceptors (Lipinski definition) is 5. The number of rotatable bonds is 3. The molecule has 0 fully saturated rings. The summed E-state index contributed by atoms with van der Waals surface area (Å²) >= 11 is 9.32. The van der Waals surface area contributed by atoms with Crippen molar-refractivity contribution in [2.45, 2.75) is 6.92 Å². The molecular weight excluding hydrogens is 332 g/mol. The Morgan fingerprint density at radius 2 is 2.05 bits per heavy atom. The molecule has 1 aromatic heterocycles. The van der Waals surface area contributed by atoms with Gasteiger partial charge in [0.05, 0.1) is 12.8 Å². The molecule has 0 aliphatic heterocycles. The maximum atomic E-state index is 6.05. The molecule has 0 aliphatic rings. The second kappa shape index (κ2) is 5.63. The highest BCUT2D eigenvalue weighted by Gasteiger charge is 2.09. The second-order valence-electron chi connectivity index (χ2n) is 3.87. The zero-order valence-corrected chi connectivity index (χ0v) is 12.7. The zero-order valence-electron chi connectivity index (χ0n) is 10.4. The first-order chi connectivity index (χ1) is 8.99. The van der Waals surface area contributed by atoms with Crippen molar-refractivity contribution in [3.63, 3.8) is 0 Å². The Labute approximate surface area is 124 Å². The molecule has 7 heteroatoms. The van der Waals surface area contributed by atoms with Gasteiger partial charge in [-0.3, -0.25) is 0 Å². The van der Waals surface area contributed by atoms with Crippen LogP contribution in [-0.4, -0.2) is 17.1 Å². The normalized spacial score (nSPS) is 10.3. The first-order valence-electron chi connectivity index (χ1n) is 5.41. The number of nitrogens with two attached hydrogens (primary N) is 1. The lowest BCUT2D eigenvalue weighted by molar-refractivity contribution is 0.416. The van der Waals surface area contributed by atoms with E-state index in [0.717, 1.165) is 11.3 Å². The van der Waals surface area contributed by atoms with Crippen LogP contribution >= 0.6 is 27.5 Å². The maximum Gasteiger partial charge on any atom is 0.230 e. The fourth-order valence-corrected chi connectivity index (χ4v) is 2.10. The molecule has 1 heterocycles. The number of nitrogens with zero attached hydrogens (tertiary/aromatic N) is 2. The van der Waals surface area contributed by atoms with Crippen molar-refractivity contribution in [2.24, 2.45) is 0 Å². The van der Waals surface area contributed by atoms with Crippen molar-refractivity contribution in [1.82, 2.24) is 9.97 Å². The minimum Gasteiger partial charge on any atom is -0.495 e. The molecule has 0 aliphatic carbocycles. The van der Waals surface area contributed by atoms with Gasteiger partial charge in [0.15, 0.2) is 0 Å². The SMILES string of the molecule is COc1cc(Cl)c(C)cc1Nc1nc(N)cc(Br)n1. The van der Waals surface area contributed by atoms with Crippen LogP contribution in [0.2, 0.25) is 5.02 Å². The van der Waals surface area contributed by atoms with Gasteiger partial charge in [-0.25, -0.2) is 4.98 Å². The van der Waals surface area contributed by atoms with Gasteiger partial charge < -0.3 is 15.8 Å². The molecule has 19 heavy (non-hydrogen) atoms. The average Bonchev–Trinajstić information content (AvgIpc) is 2.32. The van der Waals surface area contributed by atoms with Crippen LogP contribution in [0.3, 0.4) is 0 Å². The number of benzene rings is 1. The highest BCUT2D eigenvalue weighted by molar-refractivity contribution is 9.10. The quantitative estimate of drug-likeness (QED) is 0.834. The number of nitrogen functional groups attached to an aromatic ring is 1. The van der Waals surface area contributed by atoms with Crippen LogP contribution in [0.1, 0.15) is 5.56 Å². The van der Waals surface area contributed by atoms with E-state index < -0.39 is 0 Å². The van der Waals surface area contributed by atoms with Crippen molar-refractivity contribution in [3.8, 4) is 5.75 Å². The van der Waals surface area contributed by atoms with Gasteiger partial charge in [-0.05, 0) is 34.5 Å². The van der Waals surface area contributed by atoms with Gasteiger partial charge in [0.25, 0.3) is 0 Å². The van der Waals surface area contributed by atoms with Crippen LogP contribution in [0, 0.1) is 6.92 Å². The van der Waals surface area contributed by atoms with E-state index in [1.165, 1.54) is 0 Å². The number of nitrogens with one attached hydrogen (secondary N) is 1. The first-order valence-corrected chi connectivity index (χ1v) is 6.58. The summed E-state index contributed by atoms with van der Waals surface area (Å²) in [5, 5.41) is 3.69. The average molecular weight is 344 g/mol. The largest absolute Gasteiger partial charge is 0.495 e. The molecule has 0 radical (unpaired) electrons. The summed E-state index contributed by atoms with van der Waals surface area (Å²) in [5.41, 5.74) is 7.31. The van der Waals surface area contributed by atoms with E-state index in [-0.39, 0.29) is 0 Å². The van der Waals surface area contributed by atoms with E-state index >= 15 is 0 Å². The van der Waals surface area contributed by atoms with Gasteiger partial charge >= 0.3 is 0 Å². The molecule has 5 nitrogen and oxygen atoms in total. The van der Waals surface area contributed by atoms with Gasteiger partial charge in [0.1, 0.15) is 16.2 Å². The van der Waals surface area contributed by atoms with Gasteiger partial charge in [-0.15, -0.1) is 0 Å². The van der Waals surface area contributed by atoms with Crippen LogP contribution in [-0.2, 0) is 0 Å². The molecule has 0 saturated carbocycles. The summed E-state index contributed by atoms with van der Waals surface area (Å²) in [7, 11) is 1.57. The standard InChI is InChI=1S/C12H12BrClN4O/c1-6-3-8(9(19-2)4-7(6)14)16-12-17-10(13)5-11(15)18-12/h3-5H,1-2H3,(H3,15,16,17,18). The third-order valence-corrected chi connectivity index (χ3v) is 3.26. The Morgan fingerprint density at radius 3 is 2.68 bits per heavy atom. The molecule has 0 saturated heterocycles. The van der Waals surface area contributed by atoms with Crippen molar-refractivity contribution in [2.75, 3.05) is 18.2 Å². The Balaban J connectivity index is 2.39. The van der Waals surface area contributed by atoms with Crippen LogP contribution < -0.4 is 15.8 Å². The van der Waals surface area contributed by atoms with Gasteiger partial charge in [0.2, 0.25) is 5.95 Å². The van der Waals surface area contributed by atoms with Crippen molar-refractivity contribution < 1.29 is 4.74 Å². The number of aryl methyl sites for hydroxylation is 1. The Morgan fingerprint density at radius 1 is 1.32 bits per heavy atom. The predicted molar refractivity (Wildman–Crippen MR) is 80.2 cm³/mol. The third-order valence-electron chi connectivity index (χ3n) is 2.44. The molecule has 2 rings (SSSR count). The van der Waals surface area contributed by atoms with Crippen LogP contribution in [0.15, 0.2) is 22.8 Å². The topological polar surface area (TPSA) is 73.1 Å². The summed E-state index contributed by atoms with van der Waals surface area (Å²) in [4.78, 5) is 8.28. The minimum atomic E-state index is 0.369. The number of ether oxygens (including phenoxy) is 1. The lowest BCUT2D eigenvalue weighted by Crippen LogP contribution is -2.02. The van der Waals surface area contributed by atoms with Crippen molar-refractivity contribution in [3.05, 3.63) is 33.4 Å². The van der Waals surface area contributed by atoms with E-state index in [9.17, 15) is 0 Å². The molecular formula is C12H12BrClN4O. The maximum absolute atomic E-state index is 6.05. The number of aromatic nitrogens is 2. The summed E-state index contributed by atoms with van der Waals surface area (Å²) in [5.74, 6) is 1.36. The molecule has 1 aromatic carbocycles. The molecule has 3 N–H and O–H groups in total. The summed E-state index contributed by atoms with van der Waals surface area (Å²) in [6.07, 6.45) is 0. The van der Waals surface area contributed by atoms with E-state index in [1.54, 1.807) is 19.2 Å². The fourth-order valence-electron chi connectivity index (χ4n) is 1.54. The molecule has 0 spiro atoms. The number of hydrogen-bond donors (Lipinski definition) is 2. The fraction of sp³-hybridized carbons (Fsp3) is 0.167. The molecule has 100 valence electrons. The van der Waals surface area contributed by atoms with E-state index in [1.807, 2.05) is 13.0 Å². The third kappa shape index (κ3) is 3.27. The van der Waals surface area contributed by atoms with Crippen molar-refractivity contribution in [1.29, 1.82) is 0 Å². The molecule has 2 aromatic rings. The summed E-state index contributed by atoms with van der Waals surface area (Å²) < 4.78 is 5.87. The number of halogens is 2. The van der Waals surface area contributed by atoms with Crippen LogP contribution in [0.25, 0.3) is 0 Å². The molecule has 0 bridgehead atoms. The Kier molecular flexibility index (Phi) is 4.11. The van der Waals surface area contributed by atoms with E-state index in [4.69, 9.17) is 22.1 Å². The minimum absolute atomic E-state index is 0.369. The van der Waals surface area contributed by atoms with Gasteiger partial charge in [-0.2, -0.15) is 4.98 Å². The highest BCUT2D eigenvalue weighted by Crippen LogP contribution is 2.32. The van der Waals surface area contributed by atoms with Crippen molar-refractivity contribution >= 4 is 45.0 Å². The van der Waals surface area contributed by atoms with Gasteiger partial charge in [-0.1, -0.05) is 11.6 Å². The molecule has 0 amide bonds. The number of methoxy groups -OCH3 is 1. The van der Waals surface area contributed by atoms with E-state index in [2.05, 4.69) is 31.2 Å². The monoisotopic (exact) mass is 342 g/mol. The Bertz CT molecular complexity index is 601. The highest BCUT2D eigenvalue weighted by atomic mass is 79.9. The summed E-state index contributed by atoms with van der Waals surface area (Å²) in [6, 6.07) is 5.22. The number of anilines is 3. The lowest BCUT2D eigenvalue weighted by atomic mass is 10.2. The van der Waals surface area contributed by atoms with Gasteiger partial charge in [0, 0.05) is 17.2 Å².